The number of carbonyl (C=O) groups is 2. The Morgan fingerprint density at radius 2 is 1.60 bits per heavy atom. The van der Waals surface area contributed by atoms with Crippen LogP contribution in [0.1, 0.15) is 49.8 Å². The van der Waals surface area contributed by atoms with Gasteiger partial charge in [0.05, 0.1) is 11.9 Å². The first-order chi connectivity index (χ1) is 20.3. The Bertz CT molecular complexity index is 1500. The van der Waals surface area contributed by atoms with E-state index in [1.165, 1.54) is 9.21 Å². The second-order valence-electron chi connectivity index (χ2n) is 10.6. The molecule has 7 nitrogen and oxygen atoms in total. The van der Waals surface area contributed by atoms with Crippen LogP contribution in [0.3, 0.4) is 0 Å². The number of hydrogen-bond acceptors (Lipinski definition) is 4. The van der Waals surface area contributed by atoms with Crippen molar-refractivity contribution >= 4 is 62.3 Å². The highest BCUT2D eigenvalue weighted by atomic mass is 35.5. The Balaban J connectivity index is 1.95. The number of nitrogens with zero attached hydrogens (tertiary/aromatic N) is 2. The van der Waals surface area contributed by atoms with Crippen LogP contribution >= 0.6 is 34.8 Å². The number of sulfonamides is 1. The summed E-state index contributed by atoms with van der Waals surface area (Å²) in [7, 11) is -3.67. The van der Waals surface area contributed by atoms with Gasteiger partial charge in [0.25, 0.3) is 0 Å². The van der Waals surface area contributed by atoms with E-state index in [9.17, 15) is 18.0 Å². The van der Waals surface area contributed by atoms with Gasteiger partial charge in [0.1, 0.15) is 6.04 Å². The number of nitrogens with one attached hydrogen (secondary N) is 1. The molecule has 0 heterocycles. The van der Waals surface area contributed by atoms with Crippen LogP contribution in [0, 0.1) is 6.92 Å². The van der Waals surface area contributed by atoms with Gasteiger partial charge in [-0.3, -0.25) is 13.9 Å². The minimum Gasteiger partial charge on any atom is -0.352 e. The lowest BCUT2D eigenvalue weighted by Gasteiger charge is -2.33. The molecule has 43 heavy (non-hydrogen) atoms. The van der Waals surface area contributed by atoms with E-state index in [0.29, 0.717) is 26.3 Å². The number of halogens is 3. The molecular formula is C32H38Cl3N3O4S. The van der Waals surface area contributed by atoms with E-state index >= 15 is 0 Å². The topological polar surface area (TPSA) is 86.8 Å². The van der Waals surface area contributed by atoms with E-state index in [0.717, 1.165) is 23.8 Å². The van der Waals surface area contributed by atoms with Crippen LogP contribution in [0.25, 0.3) is 0 Å². The number of aryl methyl sites for hydroxylation is 1. The van der Waals surface area contributed by atoms with Crippen LogP contribution in [0.5, 0.6) is 0 Å². The highest BCUT2D eigenvalue weighted by molar-refractivity contribution is 7.92. The van der Waals surface area contributed by atoms with Crippen molar-refractivity contribution in [1.82, 2.24) is 10.2 Å². The maximum absolute atomic E-state index is 14.0. The van der Waals surface area contributed by atoms with Crippen LogP contribution in [0.15, 0.2) is 66.7 Å². The monoisotopic (exact) mass is 665 g/mol. The minimum absolute atomic E-state index is 0.00591. The van der Waals surface area contributed by atoms with E-state index in [1.807, 2.05) is 44.2 Å². The standard InChI is InChI=1S/C32H38Cl3N3O4S/c1-5-23(3)36-32(40)30(19-24-11-7-6-8-12-24)37(21-26-27(34)13-9-14-28(26)35)31(39)15-10-18-38(43(4,41)42)29-20-25(33)17-16-22(29)2/h6-9,11-14,16-17,20,23,30H,5,10,15,18-19,21H2,1-4H3,(H,36,40)/t23-,30+/m0/s1. The fraction of sp³-hybridized carbons (Fsp3) is 0.375. The summed E-state index contributed by atoms with van der Waals surface area (Å²) in [4.78, 5) is 29.2. The molecule has 0 aliphatic rings. The highest BCUT2D eigenvalue weighted by Gasteiger charge is 2.32. The molecule has 0 bridgehead atoms. The van der Waals surface area contributed by atoms with Gasteiger partial charge in [-0.1, -0.05) is 84.2 Å². The SMILES string of the molecule is CC[C@H](C)NC(=O)[C@@H](Cc1ccccc1)N(Cc1c(Cl)cccc1Cl)C(=O)CCCN(c1cc(Cl)ccc1C)S(C)(=O)=O. The van der Waals surface area contributed by atoms with Crippen molar-refractivity contribution < 1.29 is 18.0 Å². The van der Waals surface area contributed by atoms with Gasteiger partial charge in [-0.15, -0.1) is 0 Å². The third kappa shape index (κ3) is 9.86. The summed E-state index contributed by atoms with van der Waals surface area (Å²) in [5.41, 5.74) is 2.60. The molecule has 3 aromatic rings. The largest absolute Gasteiger partial charge is 0.352 e. The number of rotatable bonds is 14. The molecule has 0 spiro atoms. The molecule has 0 saturated heterocycles. The maximum Gasteiger partial charge on any atom is 0.243 e. The Hall–Kier alpha value is -2.78. The van der Waals surface area contributed by atoms with Crippen molar-refractivity contribution in [2.45, 2.75) is 65.1 Å². The summed E-state index contributed by atoms with van der Waals surface area (Å²) in [6.45, 7) is 5.74. The lowest BCUT2D eigenvalue weighted by atomic mass is 10.0. The van der Waals surface area contributed by atoms with Crippen molar-refractivity contribution in [2.75, 3.05) is 17.1 Å². The smallest absolute Gasteiger partial charge is 0.243 e. The summed E-state index contributed by atoms with van der Waals surface area (Å²) < 4.78 is 26.8. The molecule has 3 aromatic carbocycles. The molecule has 0 aromatic heterocycles. The average Bonchev–Trinajstić information content (AvgIpc) is 2.95. The maximum atomic E-state index is 14.0. The van der Waals surface area contributed by atoms with Crippen LogP contribution < -0.4 is 9.62 Å². The summed E-state index contributed by atoms with van der Waals surface area (Å²) in [5, 5.41) is 4.20. The lowest BCUT2D eigenvalue weighted by Crippen LogP contribution is -2.52. The number of benzene rings is 3. The molecule has 11 heteroatoms. The molecular weight excluding hydrogens is 629 g/mol. The summed E-state index contributed by atoms with van der Waals surface area (Å²) in [6, 6.07) is 18.6. The third-order valence-corrected chi connectivity index (χ3v) is 9.38. The fourth-order valence-corrected chi connectivity index (χ4v) is 6.38. The van der Waals surface area contributed by atoms with Gasteiger partial charge in [0.2, 0.25) is 21.8 Å². The van der Waals surface area contributed by atoms with Gasteiger partial charge < -0.3 is 10.2 Å². The zero-order valence-electron chi connectivity index (χ0n) is 24.8. The summed E-state index contributed by atoms with van der Waals surface area (Å²) >= 11 is 19.2. The first-order valence-corrected chi connectivity index (χ1v) is 17.1. The quantitative estimate of drug-likeness (QED) is 0.200. The molecule has 0 aliphatic carbocycles. The van der Waals surface area contributed by atoms with Gasteiger partial charge in [-0.2, -0.15) is 0 Å². The van der Waals surface area contributed by atoms with E-state index in [2.05, 4.69) is 5.32 Å². The van der Waals surface area contributed by atoms with Crippen molar-refractivity contribution in [3.63, 3.8) is 0 Å². The number of amides is 2. The third-order valence-electron chi connectivity index (χ3n) is 7.25. The highest BCUT2D eigenvalue weighted by Crippen LogP contribution is 2.29. The molecule has 232 valence electrons. The van der Waals surface area contributed by atoms with Crippen LogP contribution in [-0.4, -0.2) is 50.0 Å². The number of hydrogen-bond donors (Lipinski definition) is 1. The summed E-state index contributed by atoms with van der Waals surface area (Å²) in [5.74, 6) is -0.616. The fourth-order valence-electron chi connectivity index (χ4n) is 4.68. The molecule has 0 radical (unpaired) electrons. The molecule has 0 unspecified atom stereocenters. The molecule has 3 rings (SSSR count). The average molecular weight is 667 g/mol. The van der Waals surface area contributed by atoms with Crippen LogP contribution in [-0.2, 0) is 32.6 Å². The molecule has 0 aliphatic heterocycles. The molecule has 0 saturated carbocycles. The lowest BCUT2D eigenvalue weighted by molar-refractivity contribution is -0.141. The van der Waals surface area contributed by atoms with Crippen molar-refractivity contribution in [3.8, 4) is 0 Å². The number of carbonyl (C=O) groups excluding carboxylic acids is 2. The summed E-state index contributed by atoms with van der Waals surface area (Å²) in [6.07, 6.45) is 2.30. The first-order valence-electron chi connectivity index (χ1n) is 14.1. The predicted molar refractivity (Wildman–Crippen MR) is 176 cm³/mol. The van der Waals surface area contributed by atoms with Gasteiger partial charge in [-0.25, -0.2) is 8.42 Å². The zero-order chi connectivity index (χ0) is 31.7. The zero-order valence-corrected chi connectivity index (χ0v) is 27.9. The van der Waals surface area contributed by atoms with E-state index in [1.54, 1.807) is 43.3 Å². The normalized spacial score (nSPS) is 12.8. The van der Waals surface area contributed by atoms with Gasteiger partial charge in [0, 0.05) is 52.6 Å². The molecule has 2 atom stereocenters. The number of anilines is 1. The van der Waals surface area contributed by atoms with Crippen molar-refractivity contribution in [3.05, 3.63) is 98.5 Å². The van der Waals surface area contributed by atoms with E-state index < -0.39 is 16.1 Å². The second kappa shape index (κ2) is 15.8. The Morgan fingerprint density at radius 1 is 0.953 bits per heavy atom. The Kier molecular flexibility index (Phi) is 12.8. The van der Waals surface area contributed by atoms with Gasteiger partial charge in [-0.05, 0) is 62.1 Å². The van der Waals surface area contributed by atoms with Crippen molar-refractivity contribution in [2.24, 2.45) is 0 Å². The van der Waals surface area contributed by atoms with E-state index in [-0.39, 0.29) is 50.2 Å². The van der Waals surface area contributed by atoms with Crippen LogP contribution in [0.2, 0.25) is 15.1 Å². The van der Waals surface area contributed by atoms with Crippen molar-refractivity contribution in [1.29, 1.82) is 0 Å². The Labute approximate surface area is 270 Å². The molecule has 1 N–H and O–H groups in total. The van der Waals surface area contributed by atoms with Gasteiger partial charge >= 0.3 is 0 Å². The van der Waals surface area contributed by atoms with Crippen LogP contribution in [0.4, 0.5) is 5.69 Å². The van der Waals surface area contributed by atoms with Gasteiger partial charge in [0.15, 0.2) is 0 Å². The Morgan fingerprint density at radius 3 is 2.21 bits per heavy atom. The predicted octanol–water partition coefficient (Wildman–Crippen LogP) is 7.06. The second-order valence-corrected chi connectivity index (χ2v) is 13.8. The first kappa shape index (κ1) is 34.7. The van der Waals surface area contributed by atoms with E-state index in [4.69, 9.17) is 34.8 Å². The molecule has 0 fully saturated rings. The molecule has 2 amide bonds. The minimum atomic E-state index is -3.67.